The molecule has 1 aliphatic rings. The monoisotopic (exact) mass is 369 g/mol. The molecule has 0 saturated carbocycles. The fourth-order valence-electron chi connectivity index (χ4n) is 3.54. The minimum Gasteiger partial charge on any atom is -0.310 e. The van der Waals surface area contributed by atoms with E-state index >= 15 is 0 Å². The van der Waals surface area contributed by atoms with E-state index in [1.807, 2.05) is 19.9 Å². The molecule has 1 unspecified atom stereocenters. The molecule has 4 rings (SSSR count). The normalized spacial score (nSPS) is 16.2. The number of carbonyl (C=O) groups is 1. The molecule has 1 aliphatic heterocycles. The van der Waals surface area contributed by atoms with Crippen molar-refractivity contribution in [2.45, 2.75) is 33.1 Å². The van der Waals surface area contributed by atoms with Crippen molar-refractivity contribution in [3.05, 3.63) is 64.1 Å². The van der Waals surface area contributed by atoms with E-state index in [1.54, 1.807) is 6.92 Å². The molecule has 8 heteroatoms. The van der Waals surface area contributed by atoms with Crippen molar-refractivity contribution >= 4 is 11.7 Å². The van der Waals surface area contributed by atoms with Gasteiger partial charge in [0.2, 0.25) is 5.91 Å². The Kier molecular flexibility index (Phi) is 3.98. The summed E-state index contributed by atoms with van der Waals surface area (Å²) in [5.74, 6) is -1.43. The number of fused-ring (bicyclic) bond motifs is 1. The highest BCUT2D eigenvalue weighted by atomic mass is 19.1. The van der Waals surface area contributed by atoms with Crippen molar-refractivity contribution < 1.29 is 13.6 Å². The van der Waals surface area contributed by atoms with E-state index in [4.69, 9.17) is 0 Å². The average Bonchev–Trinajstić information content (AvgIpc) is 2.90. The van der Waals surface area contributed by atoms with Gasteiger partial charge in [-0.05, 0) is 38.5 Å². The van der Waals surface area contributed by atoms with E-state index in [1.165, 1.54) is 16.8 Å². The van der Waals surface area contributed by atoms with Crippen molar-refractivity contribution in [3.8, 4) is 5.95 Å². The summed E-state index contributed by atoms with van der Waals surface area (Å²) in [6, 6.07) is 5.23. The van der Waals surface area contributed by atoms with Crippen LogP contribution >= 0.6 is 0 Å². The van der Waals surface area contributed by atoms with Crippen LogP contribution in [0.1, 0.15) is 40.5 Å². The first-order valence-corrected chi connectivity index (χ1v) is 8.50. The number of nitrogens with one attached hydrogen (secondary N) is 1. The summed E-state index contributed by atoms with van der Waals surface area (Å²) < 4.78 is 29.2. The lowest BCUT2D eigenvalue weighted by Crippen LogP contribution is -2.25. The van der Waals surface area contributed by atoms with Crippen LogP contribution in [0.25, 0.3) is 5.95 Å². The molecule has 138 valence electrons. The van der Waals surface area contributed by atoms with Crippen LogP contribution in [0.4, 0.5) is 14.6 Å². The van der Waals surface area contributed by atoms with Gasteiger partial charge in [0.1, 0.15) is 17.5 Å². The molecule has 1 N–H and O–H groups in total. The van der Waals surface area contributed by atoms with Gasteiger partial charge in [0.15, 0.2) is 0 Å². The van der Waals surface area contributed by atoms with Crippen LogP contribution in [0, 0.1) is 32.4 Å². The molecule has 6 nitrogen and oxygen atoms in total. The minimum atomic E-state index is -0.685. The standard InChI is InChI=1S/C19H17F2N5O/c1-9-6-10(2)23-19(22-9)26-18-17(11(3)25-26)14(8-16(27)24-18)13-5-4-12(20)7-15(13)21/h4-7,14H,8H2,1-3H3,(H,24,27). The Bertz CT molecular complexity index is 1060. The third-order valence-corrected chi connectivity index (χ3v) is 4.60. The fourth-order valence-corrected chi connectivity index (χ4v) is 3.54. The first-order valence-electron chi connectivity index (χ1n) is 8.50. The predicted molar refractivity (Wildman–Crippen MR) is 94.8 cm³/mol. The van der Waals surface area contributed by atoms with E-state index in [2.05, 4.69) is 20.4 Å². The third kappa shape index (κ3) is 2.97. The average molecular weight is 369 g/mol. The number of amides is 1. The highest BCUT2D eigenvalue weighted by Gasteiger charge is 2.34. The molecule has 0 radical (unpaired) electrons. The van der Waals surface area contributed by atoms with Crippen molar-refractivity contribution in [1.82, 2.24) is 19.7 Å². The molecule has 0 saturated heterocycles. The second kappa shape index (κ2) is 6.22. The Labute approximate surface area is 154 Å². The van der Waals surface area contributed by atoms with E-state index in [0.717, 1.165) is 17.5 Å². The maximum absolute atomic E-state index is 14.4. The molecule has 2 aromatic heterocycles. The summed E-state index contributed by atoms with van der Waals surface area (Å²) in [5.41, 5.74) is 3.10. The van der Waals surface area contributed by atoms with Crippen molar-refractivity contribution in [2.75, 3.05) is 5.32 Å². The number of benzene rings is 1. The molecule has 1 atom stereocenters. The number of nitrogens with zero attached hydrogens (tertiary/aromatic N) is 4. The number of carbonyl (C=O) groups excluding carboxylic acids is 1. The summed E-state index contributed by atoms with van der Waals surface area (Å²) in [6.45, 7) is 5.47. The fraction of sp³-hybridized carbons (Fsp3) is 0.263. The van der Waals surface area contributed by atoms with Crippen molar-refractivity contribution in [3.63, 3.8) is 0 Å². The number of aromatic nitrogens is 4. The SMILES string of the molecule is Cc1cc(C)nc(-n2nc(C)c3c2NC(=O)CC3c2ccc(F)cc2F)n1. The Hall–Kier alpha value is -3.16. The maximum atomic E-state index is 14.4. The molecular weight excluding hydrogens is 352 g/mol. The highest BCUT2D eigenvalue weighted by molar-refractivity contribution is 5.95. The smallest absolute Gasteiger partial charge is 0.252 e. The number of hydrogen-bond acceptors (Lipinski definition) is 4. The molecule has 27 heavy (non-hydrogen) atoms. The number of anilines is 1. The quantitative estimate of drug-likeness (QED) is 0.752. The Morgan fingerprint density at radius 3 is 2.48 bits per heavy atom. The second-order valence-corrected chi connectivity index (χ2v) is 6.68. The summed E-state index contributed by atoms with van der Waals surface area (Å²) in [6.07, 6.45) is 0.0514. The van der Waals surface area contributed by atoms with Gasteiger partial charge in [0, 0.05) is 35.4 Å². The van der Waals surface area contributed by atoms with Gasteiger partial charge in [-0.25, -0.2) is 18.7 Å². The van der Waals surface area contributed by atoms with E-state index in [0.29, 0.717) is 23.0 Å². The summed E-state index contributed by atoms with van der Waals surface area (Å²) in [4.78, 5) is 21.1. The van der Waals surface area contributed by atoms with Crippen LogP contribution in [-0.4, -0.2) is 25.7 Å². The molecule has 0 bridgehead atoms. The third-order valence-electron chi connectivity index (χ3n) is 4.60. The summed E-state index contributed by atoms with van der Waals surface area (Å²) in [5, 5.41) is 7.28. The summed E-state index contributed by atoms with van der Waals surface area (Å²) >= 11 is 0. The lowest BCUT2D eigenvalue weighted by atomic mass is 9.85. The molecule has 1 aromatic carbocycles. The molecule has 0 fully saturated rings. The first-order chi connectivity index (χ1) is 12.8. The first kappa shape index (κ1) is 17.3. The highest BCUT2D eigenvalue weighted by Crippen LogP contribution is 2.40. The van der Waals surface area contributed by atoms with E-state index in [-0.39, 0.29) is 17.9 Å². The lowest BCUT2D eigenvalue weighted by Gasteiger charge is -2.24. The lowest BCUT2D eigenvalue weighted by molar-refractivity contribution is -0.116. The second-order valence-electron chi connectivity index (χ2n) is 6.68. The van der Waals surface area contributed by atoms with Crippen molar-refractivity contribution in [2.24, 2.45) is 0 Å². The largest absolute Gasteiger partial charge is 0.310 e. The van der Waals surface area contributed by atoms with Gasteiger partial charge in [0.25, 0.3) is 5.95 Å². The van der Waals surface area contributed by atoms with Crippen LogP contribution in [0.3, 0.4) is 0 Å². The molecular formula is C19H17F2N5O. The van der Waals surface area contributed by atoms with Crippen LogP contribution in [0.15, 0.2) is 24.3 Å². The molecule has 0 spiro atoms. The van der Waals surface area contributed by atoms with Gasteiger partial charge in [-0.2, -0.15) is 9.78 Å². The van der Waals surface area contributed by atoms with E-state index < -0.39 is 17.6 Å². The number of rotatable bonds is 2. The van der Waals surface area contributed by atoms with Gasteiger partial charge in [-0.15, -0.1) is 0 Å². The van der Waals surface area contributed by atoms with Crippen LogP contribution in [0.5, 0.6) is 0 Å². The predicted octanol–water partition coefficient (Wildman–Crippen LogP) is 3.34. The number of halogens is 2. The topological polar surface area (TPSA) is 72.7 Å². The van der Waals surface area contributed by atoms with Crippen LogP contribution in [-0.2, 0) is 4.79 Å². The van der Waals surface area contributed by atoms with Gasteiger partial charge < -0.3 is 5.32 Å². The zero-order valence-corrected chi connectivity index (χ0v) is 15.0. The molecule has 0 aliphatic carbocycles. The van der Waals surface area contributed by atoms with Crippen LogP contribution in [0.2, 0.25) is 0 Å². The number of aryl methyl sites for hydroxylation is 3. The minimum absolute atomic E-state index is 0.0514. The maximum Gasteiger partial charge on any atom is 0.252 e. The van der Waals surface area contributed by atoms with Gasteiger partial charge in [-0.1, -0.05) is 6.07 Å². The molecule has 1 amide bonds. The molecule has 3 aromatic rings. The number of hydrogen-bond donors (Lipinski definition) is 1. The van der Waals surface area contributed by atoms with Crippen LogP contribution < -0.4 is 5.32 Å². The van der Waals surface area contributed by atoms with Crippen molar-refractivity contribution in [1.29, 1.82) is 0 Å². The zero-order valence-electron chi connectivity index (χ0n) is 15.0. The van der Waals surface area contributed by atoms with Gasteiger partial charge in [0.05, 0.1) is 5.69 Å². The zero-order chi connectivity index (χ0) is 19.3. The van der Waals surface area contributed by atoms with E-state index in [9.17, 15) is 13.6 Å². The van der Waals surface area contributed by atoms with Gasteiger partial charge in [-0.3, -0.25) is 4.79 Å². The Morgan fingerprint density at radius 2 is 1.81 bits per heavy atom. The Balaban J connectivity index is 1.91. The summed E-state index contributed by atoms with van der Waals surface area (Å²) in [7, 11) is 0. The Morgan fingerprint density at radius 1 is 1.11 bits per heavy atom. The molecule has 3 heterocycles. The van der Waals surface area contributed by atoms with Gasteiger partial charge >= 0.3 is 0 Å².